The van der Waals surface area contributed by atoms with Gasteiger partial charge in [-0.05, 0) is 51.4 Å². The molecular weight excluding hydrogens is 848 g/mol. The summed E-state index contributed by atoms with van der Waals surface area (Å²) in [6.07, 6.45) is 62.3. The summed E-state index contributed by atoms with van der Waals surface area (Å²) in [4.78, 5) is 22.8. The molecule has 3 N–H and O–H groups in total. The van der Waals surface area contributed by atoms with Gasteiger partial charge in [0.1, 0.15) is 12.2 Å². The summed E-state index contributed by atoms with van der Waals surface area (Å²) in [6.45, 7) is 3.44. The topological polar surface area (TPSA) is 132 Å². The van der Waals surface area contributed by atoms with Crippen LogP contribution < -0.4 is 0 Å². The summed E-state index contributed by atoms with van der Waals surface area (Å²) in [7, 11) is -4.53. The first-order valence-corrected chi connectivity index (χ1v) is 29.1. The van der Waals surface area contributed by atoms with Gasteiger partial charge in [0.15, 0.2) is 0 Å². The Morgan fingerprint density at radius 2 is 0.864 bits per heavy atom. The molecule has 3 unspecified atom stereocenters. The molecule has 0 saturated heterocycles. The minimum Gasteiger partial charge on any atom is -0.457 e. The highest BCUT2D eigenvalue weighted by Gasteiger charge is 2.26. The highest BCUT2D eigenvalue weighted by Crippen LogP contribution is 2.43. The maximum absolute atomic E-state index is 12.7. The van der Waals surface area contributed by atoms with Crippen molar-refractivity contribution in [2.75, 3.05) is 33.0 Å². The average Bonchev–Trinajstić information content (AvgIpc) is 3.31. The summed E-state index contributed by atoms with van der Waals surface area (Å²) in [6, 6.07) is 0. The lowest BCUT2D eigenvalue weighted by Crippen LogP contribution is -2.29. The van der Waals surface area contributed by atoms with Crippen molar-refractivity contribution in [3.05, 3.63) is 48.6 Å². The zero-order valence-electron chi connectivity index (χ0n) is 42.9. The van der Waals surface area contributed by atoms with E-state index in [0.29, 0.717) is 6.61 Å². The Hall–Kier alpha value is -1.58. The lowest BCUT2D eigenvalue weighted by Gasteiger charge is -2.20. The summed E-state index contributed by atoms with van der Waals surface area (Å²) >= 11 is 0. The van der Waals surface area contributed by atoms with Gasteiger partial charge in [0.2, 0.25) is 0 Å². The van der Waals surface area contributed by atoms with E-state index in [1.54, 1.807) is 0 Å². The number of aliphatic hydroxyl groups excluding tert-OH is 2. The standard InChI is InChI=1S/C56H105O9P/c1-3-5-7-9-11-13-15-17-19-21-23-25-27-28-30-32-34-36-38-40-42-44-46-48-56(59)65-55(53-64-66(60,61)63-51-54(58)50-57)52-62-49-47-45-43-41-39-37-35-33-31-29-26-24-22-20-18-16-14-12-10-8-6-4-2/h6,8,12,14,18,20,24,26,54-55,57-58H,3-5,7,9-11,13,15-17,19,21-23,25,27-53H2,1-2H3,(H,60,61)/b8-6-,14-12-,20-18-,26-24-. The quantitative estimate of drug-likeness (QED) is 0.0236. The van der Waals surface area contributed by atoms with Crippen LogP contribution in [0.5, 0.6) is 0 Å². The van der Waals surface area contributed by atoms with Crippen LogP contribution in [0.2, 0.25) is 0 Å². The molecule has 0 aromatic carbocycles. The van der Waals surface area contributed by atoms with E-state index in [0.717, 1.165) is 70.6 Å². The van der Waals surface area contributed by atoms with Gasteiger partial charge >= 0.3 is 13.8 Å². The minimum absolute atomic E-state index is 0.0469. The van der Waals surface area contributed by atoms with Gasteiger partial charge in [-0.25, -0.2) is 4.57 Å². The van der Waals surface area contributed by atoms with Crippen LogP contribution >= 0.6 is 7.82 Å². The molecule has 66 heavy (non-hydrogen) atoms. The van der Waals surface area contributed by atoms with Crippen LogP contribution in [0.25, 0.3) is 0 Å². The fourth-order valence-electron chi connectivity index (χ4n) is 7.88. The summed E-state index contributed by atoms with van der Waals surface area (Å²) < 4.78 is 33.6. The fraction of sp³-hybridized carbons (Fsp3) is 0.839. The van der Waals surface area contributed by atoms with Crippen molar-refractivity contribution in [1.82, 2.24) is 0 Å². The van der Waals surface area contributed by atoms with Gasteiger partial charge in [0, 0.05) is 13.0 Å². The van der Waals surface area contributed by atoms with E-state index in [2.05, 4.69) is 62.5 Å². The fourth-order valence-corrected chi connectivity index (χ4v) is 8.67. The molecule has 0 aromatic heterocycles. The number of carbonyl (C=O) groups is 1. The molecule has 9 nitrogen and oxygen atoms in total. The number of rotatable bonds is 53. The van der Waals surface area contributed by atoms with Gasteiger partial charge in [0.25, 0.3) is 0 Å². The van der Waals surface area contributed by atoms with E-state index in [9.17, 15) is 19.4 Å². The number of phosphoric acid groups is 1. The van der Waals surface area contributed by atoms with Crippen molar-refractivity contribution < 1.29 is 43.0 Å². The van der Waals surface area contributed by atoms with Crippen molar-refractivity contribution in [1.29, 1.82) is 0 Å². The second-order valence-electron chi connectivity index (χ2n) is 18.6. The molecule has 0 amide bonds. The Morgan fingerprint density at radius 1 is 0.485 bits per heavy atom. The molecule has 0 heterocycles. The Morgan fingerprint density at radius 3 is 1.30 bits per heavy atom. The predicted octanol–water partition coefficient (Wildman–Crippen LogP) is 16.5. The predicted molar refractivity (Wildman–Crippen MR) is 279 cm³/mol. The molecule has 0 aliphatic heterocycles. The molecule has 10 heteroatoms. The molecule has 0 rings (SSSR count). The minimum atomic E-state index is -4.53. The van der Waals surface area contributed by atoms with Gasteiger partial charge in [0.05, 0.1) is 26.4 Å². The van der Waals surface area contributed by atoms with E-state index in [1.807, 2.05) is 0 Å². The van der Waals surface area contributed by atoms with E-state index in [-0.39, 0.29) is 25.6 Å². The van der Waals surface area contributed by atoms with Crippen molar-refractivity contribution in [3.8, 4) is 0 Å². The number of hydrogen-bond donors (Lipinski definition) is 3. The Bertz CT molecular complexity index is 1170. The van der Waals surface area contributed by atoms with Crippen molar-refractivity contribution in [2.45, 2.75) is 270 Å². The third kappa shape index (κ3) is 51.8. The Balaban J connectivity index is 4.02. The second kappa shape index (κ2) is 52.8. The third-order valence-corrected chi connectivity index (χ3v) is 13.0. The van der Waals surface area contributed by atoms with Gasteiger partial charge in [-0.15, -0.1) is 0 Å². The molecule has 0 fully saturated rings. The molecular formula is C56H105O9P. The molecule has 3 atom stereocenters. The number of unbranched alkanes of at least 4 members (excludes halogenated alkanes) is 31. The lowest BCUT2D eigenvalue weighted by molar-refractivity contribution is -0.154. The second-order valence-corrected chi connectivity index (χ2v) is 20.0. The van der Waals surface area contributed by atoms with E-state index in [1.165, 1.54) is 167 Å². The smallest absolute Gasteiger partial charge is 0.457 e. The van der Waals surface area contributed by atoms with Gasteiger partial charge in [-0.1, -0.05) is 249 Å². The monoisotopic (exact) mass is 953 g/mol. The summed E-state index contributed by atoms with van der Waals surface area (Å²) in [5.41, 5.74) is 0. The van der Waals surface area contributed by atoms with Crippen molar-refractivity contribution in [2.24, 2.45) is 0 Å². The van der Waals surface area contributed by atoms with Crippen LogP contribution in [0.4, 0.5) is 0 Å². The van der Waals surface area contributed by atoms with E-state index in [4.69, 9.17) is 23.6 Å². The van der Waals surface area contributed by atoms with Gasteiger partial charge in [-0.2, -0.15) is 0 Å². The number of ether oxygens (including phenoxy) is 2. The maximum atomic E-state index is 12.7. The summed E-state index contributed by atoms with van der Waals surface area (Å²) in [5, 5.41) is 18.4. The van der Waals surface area contributed by atoms with E-state index >= 15 is 0 Å². The molecule has 0 saturated carbocycles. The van der Waals surface area contributed by atoms with Gasteiger partial charge < -0.3 is 24.6 Å². The zero-order valence-corrected chi connectivity index (χ0v) is 43.8. The first-order chi connectivity index (χ1) is 32.3. The van der Waals surface area contributed by atoms with Crippen molar-refractivity contribution in [3.63, 3.8) is 0 Å². The number of allylic oxidation sites excluding steroid dienone is 8. The van der Waals surface area contributed by atoms with Crippen LogP contribution in [0.1, 0.15) is 258 Å². The molecule has 0 bridgehead atoms. The number of aliphatic hydroxyl groups is 2. The Labute approximate surface area is 407 Å². The summed E-state index contributed by atoms with van der Waals surface area (Å²) in [5.74, 6) is -0.380. The highest BCUT2D eigenvalue weighted by atomic mass is 31.2. The number of carbonyl (C=O) groups excluding carboxylic acids is 1. The van der Waals surface area contributed by atoms with E-state index < -0.39 is 33.2 Å². The number of phosphoric ester groups is 1. The van der Waals surface area contributed by atoms with Crippen LogP contribution in [0, 0.1) is 0 Å². The van der Waals surface area contributed by atoms with Crippen LogP contribution in [-0.2, 0) is 27.9 Å². The Kier molecular flexibility index (Phi) is 51.5. The largest absolute Gasteiger partial charge is 0.472 e. The zero-order chi connectivity index (χ0) is 48.1. The number of hydrogen-bond acceptors (Lipinski definition) is 8. The molecule has 0 spiro atoms. The first kappa shape index (κ1) is 64.4. The molecule has 0 aromatic rings. The molecule has 0 radical (unpaired) electrons. The average molecular weight is 953 g/mol. The normalized spacial score (nSPS) is 14.1. The SMILES string of the molecule is CC/C=C\C/C=C\C/C=C\C/C=C\CCCCCCCCCCCOCC(COP(=O)(O)OCC(O)CO)OC(=O)CCCCCCCCCCCCCCCCCCCCCCCCC. The van der Waals surface area contributed by atoms with Crippen LogP contribution in [0.15, 0.2) is 48.6 Å². The van der Waals surface area contributed by atoms with Crippen molar-refractivity contribution >= 4 is 13.8 Å². The van der Waals surface area contributed by atoms with Crippen LogP contribution in [-0.4, -0.2) is 66.3 Å². The molecule has 0 aliphatic rings. The van der Waals surface area contributed by atoms with Gasteiger partial charge in [-0.3, -0.25) is 13.8 Å². The first-order valence-electron chi connectivity index (χ1n) is 27.6. The van der Waals surface area contributed by atoms with Crippen LogP contribution in [0.3, 0.4) is 0 Å². The maximum Gasteiger partial charge on any atom is 0.472 e. The number of esters is 1. The third-order valence-electron chi connectivity index (χ3n) is 12.0. The highest BCUT2D eigenvalue weighted by molar-refractivity contribution is 7.47. The lowest BCUT2D eigenvalue weighted by atomic mass is 10.0. The molecule has 0 aliphatic carbocycles. The molecule has 388 valence electrons.